The lowest BCUT2D eigenvalue weighted by molar-refractivity contribution is 0.0941. The number of anilines is 2. The maximum atomic E-state index is 12.0. The molecule has 1 aromatic heterocycles. The SMILES string of the molecule is CC(NC(=O)c1ccc(N)cc1N)c1nccs1. The monoisotopic (exact) mass is 262 g/mol. The number of carbonyl (C=O) groups excluding carboxylic acids is 1. The Hall–Kier alpha value is -2.08. The number of nitrogens with zero attached hydrogens (tertiary/aromatic N) is 1. The van der Waals surface area contributed by atoms with Crippen LogP contribution in [0.5, 0.6) is 0 Å². The van der Waals surface area contributed by atoms with Crippen LogP contribution in [0, 0.1) is 0 Å². The van der Waals surface area contributed by atoms with Crippen LogP contribution >= 0.6 is 11.3 Å². The van der Waals surface area contributed by atoms with E-state index in [9.17, 15) is 4.79 Å². The van der Waals surface area contributed by atoms with Crippen LogP contribution in [0.4, 0.5) is 11.4 Å². The highest BCUT2D eigenvalue weighted by Gasteiger charge is 2.15. The molecular weight excluding hydrogens is 248 g/mol. The topological polar surface area (TPSA) is 94.0 Å². The molecule has 0 aliphatic rings. The zero-order valence-electron chi connectivity index (χ0n) is 9.88. The molecule has 0 spiro atoms. The largest absolute Gasteiger partial charge is 0.399 e. The number of hydrogen-bond acceptors (Lipinski definition) is 5. The first-order valence-corrected chi connectivity index (χ1v) is 6.31. The molecule has 1 amide bonds. The first-order valence-electron chi connectivity index (χ1n) is 5.43. The Morgan fingerprint density at radius 1 is 1.44 bits per heavy atom. The van der Waals surface area contributed by atoms with Gasteiger partial charge in [-0.2, -0.15) is 0 Å². The van der Waals surface area contributed by atoms with Gasteiger partial charge in [-0.1, -0.05) is 0 Å². The molecule has 1 aromatic carbocycles. The van der Waals surface area contributed by atoms with Gasteiger partial charge in [0.05, 0.1) is 11.6 Å². The highest BCUT2D eigenvalue weighted by molar-refractivity contribution is 7.09. The first kappa shape index (κ1) is 12.4. The van der Waals surface area contributed by atoms with E-state index in [1.807, 2.05) is 12.3 Å². The van der Waals surface area contributed by atoms with Gasteiger partial charge in [0.15, 0.2) is 0 Å². The van der Waals surface area contributed by atoms with Crippen molar-refractivity contribution in [2.45, 2.75) is 13.0 Å². The van der Waals surface area contributed by atoms with Crippen molar-refractivity contribution < 1.29 is 4.79 Å². The molecule has 0 saturated heterocycles. The van der Waals surface area contributed by atoms with Gasteiger partial charge < -0.3 is 16.8 Å². The van der Waals surface area contributed by atoms with Crippen molar-refractivity contribution in [3.05, 3.63) is 40.3 Å². The molecule has 0 bridgehead atoms. The summed E-state index contributed by atoms with van der Waals surface area (Å²) in [6.45, 7) is 1.88. The fraction of sp³-hybridized carbons (Fsp3) is 0.167. The minimum absolute atomic E-state index is 0.144. The Bertz CT molecular complexity index is 553. The third-order valence-corrected chi connectivity index (χ3v) is 3.45. The number of amides is 1. The average molecular weight is 262 g/mol. The van der Waals surface area contributed by atoms with Gasteiger partial charge in [0, 0.05) is 23.0 Å². The number of nitrogens with one attached hydrogen (secondary N) is 1. The second-order valence-corrected chi connectivity index (χ2v) is 4.84. The van der Waals surface area contributed by atoms with Crippen molar-refractivity contribution in [1.29, 1.82) is 0 Å². The second kappa shape index (κ2) is 5.05. The summed E-state index contributed by atoms with van der Waals surface area (Å²) in [4.78, 5) is 16.2. The van der Waals surface area contributed by atoms with Crippen LogP contribution in [0.3, 0.4) is 0 Å². The molecule has 0 saturated carbocycles. The number of aromatic nitrogens is 1. The number of thiazole rings is 1. The summed E-state index contributed by atoms with van der Waals surface area (Å²) in [5.41, 5.74) is 12.7. The first-order chi connectivity index (χ1) is 8.58. The predicted molar refractivity (Wildman–Crippen MR) is 73.3 cm³/mol. The Balaban J connectivity index is 2.12. The molecule has 5 N–H and O–H groups in total. The van der Waals surface area contributed by atoms with E-state index >= 15 is 0 Å². The highest BCUT2D eigenvalue weighted by atomic mass is 32.1. The number of carbonyl (C=O) groups is 1. The van der Waals surface area contributed by atoms with Crippen molar-refractivity contribution in [3.8, 4) is 0 Å². The minimum Gasteiger partial charge on any atom is -0.399 e. The molecule has 18 heavy (non-hydrogen) atoms. The predicted octanol–water partition coefficient (Wildman–Crippen LogP) is 1.80. The maximum Gasteiger partial charge on any atom is 0.253 e. The second-order valence-electron chi connectivity index (χ2n) is 3.91. The number of nitrogens with two attached hydrogens (primary N) is 2. The number of benzene rings is 1. The summed E-state index contributed by atoms with van der Waals surface area (Å²) in [7, 11) is 0. The fourth-order valence-corrected chi connectivity index (χ4v) is 2.22. The van der Waals surface area contributed by atoms with Crippen molar-refractivity contribution in [1.82, 2.24) is 10.3 Å². The van der Waals surface area contributed by atoms with Gasteiger partial charge in [-0.15, -0.1) is 11.3 Å². The van der Waals surface area contributed by atoms with Gasteiger partial charge in [0.2, 0.25) is 0 Å². The van der Waals surface area contributed by atoms with Gasteiger partial charge in [-0.3, -0.25) is 4.79 Å². The van der Waals surface area contributed by atoms with Crippen LogP contribution in [-0.2, 0) is 0 Å². The summed E-state index contributed by atoms with van der Waals surface area (Å²) >= 11 is 1.50. The average Bonchev–Trinajstić information content (AvgIpc) is 2.81. The summed E-state index contributed by atoms with van der Waals surface area (Å²) in [6.07, 6.45) is 1.71. The molecule has 2 aromatic rings. The third-order valence-electron chi connectivity index (χ3n) is 2.49. The lowest BCUT2D eigenvalue weighted by Gasteiger charge is -2.12. The standard InChI is InChI=1S/C12H14N4OS/c1-7(12-15-4-5-18-12)16-11(17)9-3-2-8(13)6-10(9)14/h2-7H,13-14H2,1H3,(H,16,17). The Morgan fingerprint density at radius 2 is 2.22 bits per heavy atom. The molecule has 0 fully saturated rings. The van der Waals surface area contributed by atoms with Crippen LogP contribution in [0.25, 0.3) is 0 Å². The quantitative estimate of drug-likeness (QED) is 0.735. The molecule has 0 aliphatic heterocycles. The smallest absolute Gasteiger partial charge is 0.253 e. The van der Waals surface area contributed by atoms with Gasteiger partial charge in [-0.05, 0) is 25.1 Å². The van der Waals surface area contributed by atoms with Crippen LogP contribution in [-0.4, -0.2) is 10.9 Å². The van der Waals surface area contributed by atoms with Gasteiger partial charge in [0.25, 0.3) is 5.91 Å². The van der Waals surface area contributed by atoms with Crippen molar-refractivity contribution in [3.63, 3.8) is 0 Å². The molecule has 5 nitrogen and oxygen atoms in total. The van der Waals surface area contributed by atoms with Crippen LogP contribution in [0.15, 0.2) is 29.8 Å². The summed E-state index contributed by atoms with van der Waals surface area (Å²) < 4.78 is 0. The molecule has 1 unspecified atom stereocenters. The Morgan fingerprint density at radius 3 is 2.83 bits per heavy atom. The van der Waals surface area contributed by atoms with E-state index in [1.54, 1.807) is 24.4 Å². The lowest BCUT2D eigenvalue weighted by Crippen LogP contribution is -2.27. The molecule has 1 atom stereocenters. The number of nitrogen functional groups attached to an aromatic ring is 2. The zero-order valence-corrected chi connectivity index (χ0v) is 10.7. The normalized spacial score (nSPS) is 12.1. The van der Waals surface area contributed by atoms with Crippen molar-refractivity contribution in [2.75, 3.05) is 11.5 Å². The van der Waals surface area contributed by atoms with E-state index in [-0.39, 0.29) is 11.9 Å². The van der Waals surface area contributed by atoms with Crippen molar-refractivity contribution in [2.24, 2.45) is 0 Å². The number of rotatable bonds is 3. The van der Waals surface area contributed by atoms with E-state index < -0.39 is 0 Å². The fourth-order valence-electron chi connectivity index (χ4n) is 1.57. The van der Waals surface area contributed by atoms with Gasteiger partial charge >= 0.3 is 0 Å². The van der Waals surface area contributed by atoms with Crippen LogP contribution < -0.4 is 16.8 Å². The summed E-state index contributed by atoms with van der Waals surface area (Å²) in [5.74, 6) is -0.227. The molecule has 6 heteroatoms. The van der Waals surface area contributed by atoms with Crippen LogP contribution in [0.1, 0.15) is 28.3 Å². The van der Waals surface area contributed by atoms with Crippen molar-refractivity contribution >= 4 is 28.6 Å². The van der Waals surface area contributed by atoms with E-state index in [0.29, 0.717) is 16.9 Å². The summed E-state index contributed by atoms with van der Waals surface area (Å²) in [6, 6.07) is 4.70. The van der Waals surface area contributed by atoms with E-state index in [4.69, 9.17) is 11.5 Å². The molecule has 2 rings (SSSR count). The third kappa shape index (κ3) is 2.60. The molecule has 1 heterocycles. The van der Waals surface area contributed by atoms with Gasteiger partial charge in [-0.25, -0.2) is 4.98 Å². The van der Waals surface area contributed by atoms with Crippen LogP contribution in [0.2, 0.25) is 0 Å². The Labute approximate surface area is 109 Å². The minimum atomic E-state index is -0.227. The molecule has 0 radical (unpaired) electrons. The maximum absolute atomic E-state index is 12.0. The molecule has 94 valence electrons. The van der Waals surface area contributed by atoms with E-state index in [1.165, 1.54) is 11.3 Å². The molecule has 0 aliphatic carbocycles. The van der Waals surface area contributed by atoms with E-state index in [0.717, 1.165) is 5.01 Å². The zero-order chi connectivity index (χ0) is 13.1. The number of hydrogen-bond donors (Lipinski definition) is 3. The van der Waals surface area contributed by atoms with E-state index in [2.05, 4.69) is 10.3 Å². The van der Waals surface area contributed by atoms with Gasteiger partial charge in [0.1, 0.15) is 5.01 Å². The highest BCUT2D eigenvalue weighted by Crippen LogP contribution is 2.19. The molecular formula is C12H14N4OS. The Kier molecular flexibility index (Phi) is 3.47. The summed E-state index contributed by atoms with van der Waals surface area (Å²) in [5, 5.41) is 5.58. The lowest BCUT2D eigenvalue weighted by atomic mass is 10.1.